The van der Waals surface area contributed by atoms with E-state index in [0.29, 0.717) is 43.3 Å². The van der Waals surface area contributed by atoms with Gasteiger partial charge in [0.25, 0.3) is 0 Å². The van der Waals surface area contributed by atoms with E-state index in [4.69, 9.17) is 5.73 Å². The predicted molar refractivity (Wildman–Crippen MR) is 158 cm³/mol. The number of halogens is 2. The van der Waals surface area contributed by atoms with Gasteiger partial charge in [-0.25, -0.2) is 33.1 Å². The fourth-order valence-electron chi connectivity index (χ4n) is 5.26. The molecule has 0 aliphatic carbocycles. The molecule has 0 spiro atoms. The van der Waals surface area contributed by atoms with Gasteiger partial charge < -0.3 is 15.5 Å². The van der Waals surface area contributed by atoms with Gasteiger partial charge in [0.2, 0.25) is 5.91 Å². The molecule has 1 saturated heterocycles. The first kappa shape index (κ1) is 28.8. The number of nitrogens with zero attached hydrogens (tertiary/aromatic N) is 7. The lowest BCUT2D eigenvalue weighted by Gasteiger charge is -2.35. The molecule has 0 radical (unpaired) electrons. The number of fused-ring (bicyclic) bond motifs is 1. The molecule has 1 aromatic carbocycles. The fraction of sp³-hybridized carbons (Fsp3) is 0.333. The summed E-state index contributed by atoms with van der Waals surface area (Å²) in [5.41, 5.74) is 6.50. The highest BCUT2D eigenvalue weighted by Gasteiger charge is 2.29. The Balaban J connectivity index is 1.84. The third-order valence-corrected chi connectivity index (χ3v) is 7.35. The third-order valence-electron chi connectivity index (χ3n) is 7.35. The van der Waals surface area contributed by atoms with Crippen LogP contribution in [0.25, 0.3) is 28.0 Å². The highest BCUT2D eigenvalue weighted by molar-refractivity contribution is 5.92. The number of rotatable bonds is 6. The first-order valence-corrected chi connectivity index (χ1v) is 13.7. The highest BCUT2D eigenvalue weighted by atomic mass is 19.1. The van der Waals surface area contributed by atoms with Gasteiger partial charge in [0.05, 0.1) is 28.0 Å². The topological polar surface area (TPSA) is 123 Å². The predicted octanol–water partition coefficient (Wildman–Crippen LogP) is 4.18. The SMILES string of the molecule is C=CC(=O)N1CCN(c2nc(=O)n(-c3c(C(C)C)ncnc3C(C)C)c3nc(-c4c(N)cccc4F)c(F)cc23)CC1. The van der Waals surface area contributed by atoms with E-state index in [1.54, 1.807) is 4.90 Å². The molecule has 1 fully saturated rings. The van der Waals surface area contributed by atoms with Crippen molar-refractivity contribution in [2.24, 2.45) is 0 Å². The van der Waals surface area contributed by atoms with E-state index in [2.05, 4.69) is 26.5 Å². The molecule has 2 N–H and O–H groups in total. The molecule has 0 atom stereocenters. The molecule has 0 saturated carbocycles. The molecule has 4 heterocycles. The average molecular weight is 575 g/mol. The molecule has 0 bridgehead atoms. The van der Waals surface area contributed by atoms with Gasteiger partial charge in [-0.05, 0) is 36.1 Å². The summed E-state index contributed by atoms with van der Waals surface area (Å²) in [5, 5.41) is 0.238. The molecule has 1 aliphatic rings. The van der Waals surface area contributed by atoms with E-state index in [0.717, 1.165) is 0 Å². The molecule has 42 heavy (non-hydrogen) atoms. The number of nitrogens with two attached hydrogens (primary N) is 1. The van der Waals surface area contributed by atoms with Crippen molar-refractivity contribution >= 4 is 28.4 Å². The van der Waals surface area contributed by atoms with Gasteiger partial charge >= 0.3 is 5.69 Å². The summed E-state index contributed by atoms with van der Waals surface area (Å²) < 4.78 is 32.2. The van der Waals surface area contributed by atoms with E-state index < -0.39 is 17.3 Å². The zero-order chi connectivity index (χ0) is 30.3. The second-order valence-electron chi connectivity index (χ2n) is 10.8. The summed E-state index contributed by atoms with van der Waals surface area (Å²) >= 11 is 0. The lowest BCUT2D eigenvalue weighted by molar-refractivity contribution is -0.126. The molecule has 218 valence electrons. The quantitative estimate of drug-likeness (QED) is 0.269. The van der Waals surface area contributed by atoms with E-state index >= 15 is 8.78 Å². The maximum Gasteiger partial charge on any atom is 0.355 e. The van der Waals surface area contributed by atoms with Gasteiger partial charge in [0.15, 0.2) is 11.5 Å². The van der Waals surface area contributed by atoms with Crippen molar-refractivity contribution in [3.8, 4) is 16.9 Å². The van der Waals surface area contributed by atoms with E-state index in [-0.39, 0.29) is 51.5 Å². The summed E-state index contributed by atoms with van der Waals surface area (Å²) in [4.78, 5) is 47.5. The number of carbonyl (C=O) groups excluding carboxylic acids is 1. The molecule has 5 rings (SSSR count). The summed E-state index contributed by atoms with van der Waals surface area (Å²) in [7, 11) is 0. The number of nitrogen functional groups attached to an aromatic ring is 1. The number of benzene rings is 1. The Bertz CT molecular complexity index is 1710. The summed E-state index contributed by atoms with van der Waals surface area (Å²) in [6.45, 7) is 12.7. The van der Waals surface area contributed by atoms with Gasteiger partial charge in [-0.3, -0.25) is 4.79 Å². The Hall–Kier alpha value is -4.74. The maximum absolute atomic E-state index is 15.9. The lowest BCUT2D eigenvalue weighted by atomic mass is 10.0. The molecular formula is C30H32F2N8O2. The Kier molecular flexibility index (Phi) is 7.72. The van der Waals surface area contributed by atoms with Crippen LogP contribution in [0.3, 0.4) is 0 Å². The van der Waals surface area contributed by atoms with Crippen molar-refractivity contribution in [3.05, 3.63) is 76.8 Å². The monoisotopic (exact) mass is 574 g/mol. The number of hydrogen-bond acceptors (Lipinski definition) is 8. The van der Waals surface area contributed by atoms with Crippen molar-refractivity contribution in [1.29, 1.82) is 0 Å². The Morgan fingerprint density at radius 3 is 2.21 bits per heavy atom. The molecule has 12 heteroatoms. The van der Waals surface area contributed by atoms with Crippen molar-refractivity contribution < 1.29 is 13.6 Å². The summed E-state index contributed by atoms with van der Waals surface area (Å²) in [5.74, 6) is -1.79. The van der Waals surface area contributed by atoms with Crippen molar-refractivity contribution in [3.63, 3.8) is 0 Å². The minimum absolute atomic E-state index is 0.000664. The molecule has 1 aliphatic heterocycles. The zero-order valence-electron chi connectivity index (χ0n) is 23.9. The summed E-state index contributed by atoms with van der Waals surface area (Å²) in [6.07, 6.45) is 2.70. The molecule has 3 aromatic heterocycles. The largest absolute Gasteiger partial charge is 0.398 e. The Morgan fingerprint density at radius 1 is 1.00 bits per heavy atom. The van der Waals surface area contributed by atoms with Gasteiger partial charge in [0, 0.05) is 31.9 Å². The molecule has 4 aromatic rings. The normalized spacial score (nSPS) is 13.8. The second kappa shape index (κ2) is 11.3. The van der Waals surface area contributed by atoms with Gasteiger partial charge in [-0.2, -0.15) is 4.98 Å². The molecule has 1 amide bonds. The van der Waals surface area contributed by atoms with Crippen LogP contribution in [0.2, 0.25) is 0 Å². The number of carbonyl (C=O) groups is 1. The van der Waals surface area contributed by atoms with Crippen LogP contribution in [0.5, 0.6) is 0 Å². The first-order valence-electron chi connectivity index (χ1n) is 13.7. The number of aromatic nitrogens is 5. The minimum Gasteiger partial charge on any atom is -0.398 e. The highest BCUT2D eigenvalue weighted by Crippen LogP contribution is 2.35. The van der Waals surface area contributed by atoms with Crippen LogP contribution in [-0.4, -0.2) is 61.5 Å². The van der Waals surface area contributed by atoms with Crippen LogP contribution < -0.4 is 16.3 Å². The second-order valence-corrected chi connectivity index (χ2v) is 10.8. The van der Waals surface area contributed by atoms with E-state index in [9.17, 15) is 9.59 Å². The van der Waals surface area contributed by atoms with Gasteiger partial charge in [-0.1, -0.05) is 40.3 Å². The minimum atomic E-state index is -0.828. The Morgan fingerprint density at radius 2 is 1.64 bits per heavy atom. The van der Waals surface area contributed by atoms with Gasteiger partial charge in [-0.15, -0.1) is 0 Å². The first-order chi connectivity index (χ1) is 20.0. The molecule has 0 unspecified atom stereocenters. The zero-order valence-corrected chi connectivity index (χ0v) is 23.9. The Labute approximate surface area is 241 Å². The van der Waals surface area contributed by atoms with Crippen molar-refractivity contribution in [2.45, 2.75) is 39.5 Å². The van der Waals surface area contributed by atoms with Crippen LogP contribution in [0, 0.1) is 11.6 Å². The number of hydrogen-bond donors (Lipinski definition) is 1. The maximum atomic E-state index is 15.9. The number of amides is 1. The van der Waals surface area contributed by atoms with Crippen LogP contribution in [-0.2, 0) is 4.79 Å². The standard InChI is InChI=1S/C30H32F2N8O2/c1-6-22(41)38-10-12-39(13-11-38)28-18-14-20(32)26(23-19(31)8-7-9-21(23)33)36-29(18)40(30(42)37-28)27-24(16(2)3)34-15-35-25(27)17(4)5/h6-9,14-17H,1,10-13,33H2,2-5H3. The number of piperazine rings is 1. The summed E-state index contributed by atoms with van der Waals surface area (Å²) in [6, 6.07) is 5.26. The fourth-order valence-corrected chi connectivity index (χ4v) is 5.26. The van der Waals surface area contributed by atoms with E-state index in [1.165, 1.54) is 41.2 Å². The van der Waals surface area contributed by atoms with Gasteiger partial charge in [0.1, 0.15) is 23.7 Å². The molecule has 10 nitrogen and oxygen atoms in total. The molecular weight excluding hydrogens is 542 g/mol. The van der Waals surface area contributed by atoms with Crippen LogP contribution in [0.15, 0.2) is 48.0 Å². The van der Waals surface area contributed by atoms with Crippen molar-refractivity contribution in [2.75, 3.05) is 36.8 Å². The van der Waals surface area contributed by atoms with Crippen molar-refractivity contribution in [1.82, 2.24) is 29.4 Å². The van der Waals surface area contributed by atoms with Crippen LogP contribution in [0.4, 0.5) is 20.3 Å². The van der Waals surface area contributed by atoms with E-state index in [1.807, 2.05) is 32.6 Å². The average Bonchev–Trinajstić information content (AvgIpc) is 2.96. The number of anilines is 2. The van der Waals surface area contributed by atoms with Crippen LogP contribution >= 0.6 is 0 Å². The number of pyridine rings is 1. The third kappa shape index (κ3) is 4.97. The van der Waals surface area contributed by atoms with Crippen LogP contribution in [0.1, 0.15) is 50.9 Å². The lowest BCUT2D eigenvalue weighted by Crippen LogP contribution is -2.49. The smallest absolute Gasteiger partial charge is 0.355 e.